The maximum atomic E-state index is 12.0. The fourth-order valence-electron chi connectivity index (χ4n) is 2.90. The van der Waals surface area contributed by atoms with Crippen molar-refractivity contribution in [2.24, 2.45) is 17.6 Å². The van der Waals surface area contributed by atoms with E-state index in [1.807, 2.05) is 6.92 Å². The number of rotatable bonds is 7. The van der Waals surface area contributed by atoms with Crippen LogP contribution in [0, 0.1) is 11.8 Å². The third kappa shape index (κ3) is 5.38. The average molecular weight is 254 g/mol. The number of nitrogens with two attached hydrogens (primary N) is 1. The lowest BCUT2D eigenvalue weighted by Gasteiger charge is -2.29. The van der Waals surface area contributed by atoms with Crippen LogP contribution in [0.3, 0.4) is 0 Å². The molecule has 1 unspecified atom stereocenters. The van der Waals surface area contributed by atoms with E-state index in [0.29, 0.717) is 12.6 Å². The monoisotopic (exact) mass is 254 g/mol. The van der Waals surface area contributed by atoms with Crippen molar-refractivity contribution in [1.29, 1.82) is 0 Å². The lowest BCUT2D eigenvalue weighted by atomic mass is 9.83. The van der Waals surface area contributed by atoms with Gasteiger partial charge in [0.2, 0.25) is 5.91 Å². The molecule has 106 valence electrons. The molecule has 3 heteroatoms. The molecule has 18 heavy (non-hydrogen) atoms. The van der Waals surface area contributed by atoms with Crippen LogP contribution < -0.4 is 11.1 Å². The highest BCUT2D eigenvalue weighted by molar-refractivity contribution is 5.78. The Morgan fingerprint density at radius 3 is 2.56 bits per heavy atom. The highest BCUT2D eigenvalue weighted by Crippen LogP contribution is 2.27. The van der Waals surface area contributed by atoms with Crippen LogP contribution in [0.15, 0.2) is 0 Å². The Hall–Kier alpha value is -0.570. The normalized spacial score (nSPS) is 25.7. The molecule has 0 aromatic carbocycles. The summed E-state index contributed by atoms with van der Waals surface area (Å²) in [6, 6.07) is 0.422. The summed E-state index contributed by atoms with van der Waals surface area (Å²) < 4.78 is 0. The Morgan fingerprint density at radius 2 is 2.00 bits per heavy atom. The van der Waals surface area contributed by atoms with Crippen LogP contribution in [0.4, 0.5) is 0 Å². The van der Waals surface area contributed by atoms with Crippen molar-refractivity contribution in [3.8, 4) is 0 Å². The first-order valence-corrected chi connectivity index (χ1v) is 7.67. The molecule has 0 heterocycles. The number of nitrogens with one attached hydrogen (secondary N) is 1. The minimum Gasteiger partial charge on any atom is -0.353 e. The van der Waals surface area contributed by atoms with Gasteiger partial charge in [0, 0.05) is 12.0 Å². The predicted molar refractivity (Wildman–Crippen MR) is 76.2 cm³/mol. The molecule has 0 spiro atoms. The van der Waals surface area contributed by atoms with Crippen molar-refractivity contribution in [1.82, 2.24) is 5.32 Å². The Morgan fingerprint density at radius 1 is 1.33 bits per heavy atom. The van der Waals surface area contributed by atoms with Gasteiger partial charge in [-0.05, 0) is 51.0 Å². The molecule has 1 aliphatic rings. The summed E-state index contributed by atoms with van der Waals surface area (Å²) in [4.78, 5) is 12.0. The van der Waals surface area contributed by atoms with Crippen LogP contribution in [0.5, 0.6) is 0 Å². The number of amides is 1. The minimum absolute atomic E-state index is 0.113. The van der Waals surface area contributed by atoms with Crippen molar-refractivity contribution >= 4 is 5.91 Å². The summed E-state index contributed by atoms with van der Waals surface area (Å²) in [6.07, 6.45) is 9.41. The molecule has 0 radical (unpaired) electrons. The fourth-order valence-corrected chi connectivity index (χ4v) is 2.90. The molecule has 3 N–H and O–H groups in total. The van der Waals surface area contributed by atoms with E-state index in [2.05, 4.69) is 12.2 Å². The van der Waals surface area contributed by atoms with Crippen molar-refractivity contribution in [3.05, 3.63) is 0 Å². The molecule has 0 aromatic rings. The molecule has 0 aromatic heterocycles. The topological polar surface area (TPSA) is 55.1 Å². The van der Waals surface area contributed by atoms with Crippen LogP contribution in [0.2, 0.25) is 0 Å². The molecule has 1 amide bonds. The van der Waals surface area contributed by atoms with E-state index in [9.17, 15) is 4.79 Å². The molecule has 1 aliphatic carbocycles. The highest BCUT2D eigenvalue weighted by Gasteiger charge is 2.23. The van der Waals surface area contributed by atoms with Gasteiger partial charge in [-0.2, -0.15) is 0 Å². The standard InChI is InChI=1S/C15H30N2O/c1-3-5-13-7-9-14(10-8-13)17-15(18)12(2)6-4-11-16/h12-14H,3-11,16H2,1-2H3,(H,17,18). The summed E-state index contributed by atoms with van der Waals surface area (Å²) in [5.74, 6) is 1.24. The van der Waals surface area contributed by atoms with Gasteiger partial charge in [-0.25, -0.2) is 0 Å². The second-order valence-corrected chi connectivity index (χ2v) is 5.85. The predicted octanol–water partition coefficient (Wildman–Crippen LogP) is 2.84. The van der Waals surface area contributed by atoms with E-state index in [1.54, 1.807) is 0 Å². The zero-order valence-electron chi connectivity index (χ0n) is 12.1. The first kappa shape index (κ1) is 15.5. The Bertz CT molecular complexity index is 235. The second-order valence-electron chi connectivity index (χ2n) is 5.85. The molecule has 1 fully saturated rings. The van der Waals surface area contributed by atoms with Gasteiger partial charge >= 0.3 is 0 Å². The van der Waals surface area contributed by atoms with Crippen LogP contribution in [0.1, 0.15) is 65.2 Å². The SMILES string of the molecule is CCCC1CCC(NC(=O)C(C)CCCN)CC1. The van der Waals surface area contributed by atoms with Gasteiger partial charge in [-0.15, -0.1) is 0 Å². The minimum atomic E-state index is 0.113. The molecule has 1 saturated carbocycles. The fraction of sp³-hybridized carbons (Fsp3) is 0.933. The average Bonchev–Trinajstić information content (AvgIpc) is 2.38. The van der Waals surface area contributed by atoms with Gasteiger partial charge in [-0.1, -0.05) is 26.7 Å². The second kappa shape index (κ2) is 8.52. The Labute approximate surface area is 112 Å². The maximum absolute atomic E-state index is 12.0. The molecule has 3 nitrogen and oxygen atoms in total. The van der Waals surface area contributed by atoms with Crippen molar-refractivity contribution in [2.45, 2.75) is 71.3 Å². The van der Waals surface area contributed by atoms with E-state index >= 15 is 0 Å². The first-order chi connectivity index (χ1) is 8.67. The zero-order chi connectivity index (χ0) is 13.4. The van der Waals surface area contributed by atoms with E-state index in [4.69, 9.17) is 5.73 Å². The molecule has 0 saturated heterocycles. The van der Waals surface area contributed by atoms with Crippen molar-refractivity contribution < 1.29 is 4.79 Å². The summed E-state index contributed by atoms with van der Waals surface area (Å²) in [7, 11) is 0. The molecule has 1 atom stereocenters. The third-order valence-corrected chi connectivity index (χ3v) is 4.18. The van der Waals surface area contributed by atoms with E-state index in [0.717, 1.165) is 18.8 Å². The van der Waals surface area contributed by atoms with Crippen LogP contribution >= 0.6 is 0 Å². The summed E-state index contributed by atoms with van der Waals surface area (Å²) in [5.41, 5.74) is 5.47. The van der Waals surface area contributed by atoms with E-state index < -0.39 is 0 Å². The number of carbonyl (C=O) groups excluding carboxylic acids is 1. The van der Waals surface area contributed by atoms with Crippen LogP contribution in [-0.2, 0) is 4.79 Å². The maximum Gasteiger partial charge on any atom is 0.223 e. The van der Waals surface area contributed by atoms with E-state index in [-0.39, 0.29) is 11.8 Å². The summed E-state index contributed by atoms with van der Waals surface area (Å²) in [5, 5.41) is 3.21. The van der Waals surface area contributed by atoms with Crippen molar-refractivity contribution in [2.75, 3.05) is 6.54 Å². The van der Waals surface area contributed by atoms with E-state index in [1.165, 1.54) is 38.5 Å². The quantitative estimate of drug-likeness (QED) is 0.734. The van der Waals surface area contributed by atoms with Crippen molar-refractivity contribution in [3.63, 3.8) is 0 Å². The van der Waals surface area contributed by atoms with Crippen LogP contribution in [0.25, 0.3) is 0 Å². The smallest absolute Gasteiger partial charge is 0.223 e. The van der Waals surface area contributed by atoms with Gasteiger partial charge in [-0.3, -0.25) is 4.79 Å². The van der Waals surface area contributed by atoms with Gasteiger partial charge in [0.1, 0.15) is 0 Å². The molecule has 0 aliphatic heterocycles. The highest BCUT2D eigenvalue weighted by atomic mass is 16.1. The molecule has 0 bridgehead atoms. The lowest BCUT2D eigenvalue weighted by Crippen LogP contribution is -2.40. The molecular formula is C15H30N2O. The van der Waals surface area contributed by atoms with Gasteiger partial charge in [0.15, 0.2) is 0 Å². The number of hydrogen-bond donors (Lipinski definition) is 2. The zero-order valence-corrected chi connectivity index (χ0v) is 12.1. The first-order valence-electron chi connectivity index (χ1n) is 7.67. The largest absolute Gasteiger partial charge is 0.353 e. The summed E-state index contributed by atoms with van der Waals surface area (Å²) in [6.45, 7) is 4.94. The Kier molecular flexibility index (Phi) is 7.33. The number of carbonyl (C=O) groups is 1. The summed E-state index contributed by atoms with van der Waals surface area (Å²) >= 11 is 0. The van der Waals surface area contributed by atoms with Gasteiger partial charge in [0.25, 0.3) is 0 Å². The lowest BCUT2D eigenvalue weighted by molar-refractivity contribution is -0.125. The third-order valence-electron chi connectivity index (χ3n) is 4.18. The van der Waals surface area contributed by atoms with Crippen LogP contribution in [-0.4, -0.2) is 18.5 Å². The van der Waals surface area contributed by atoms with Gasteiger partial charge in [0.05, 0.1) is 0 Å². The Balaban J connectivity index is 2.21. The molecule has 1 rings (SSSR count). The number of hydrogen-bond acceptors (Lipinski definition) is 2. The molecular weight excluding hydrogens is 224 g/mol. The van der Waals surface area contributed by atoms with Gasteiger partial charge < -0.3 is 11.1 Å².